The Labute approximate surface area is 112 Å². The van der Waals surface area contributed by atoms with Gasteiger partial charge in [0.05, 0.1) is 0 Å². The molecular weight excluding hydrogens is 246 g/mol. The quantitative estimate of drug-likeness (QED) is 0.745. The van der Waals surface area contributed by atoms with Crippen molar-refractivity contribution < 1.29 is 5.11 Å². The second-order valence-corrected chi connectivity index (χ2v) is 5.15. The number of nitrogens with one attached hydrogen (secondary N) is 1. The molecule has 0 aliphatic carbocycles. The van der Waals surface area contributed by atoms with Crippen molar-refractivity contribution in [2.75, 3.05) is 6.61 Å². The molecule has 1 heterocycles. The standard InChI is InChI=1S/C13H23N3O3/c1-5-13(2,6-7-17)14-8-10-9-15(3)12(19)16(4)11(10)18/h9,14,17H,5-8H2,1-4H3. The minimum absolute atomic E-state index is 0.0998. The lowest BCUT2D eigenvalue weighted by molar-refractivity contribution is 0.214. The van der Waals surface area contributed by atoms with E-state index in [-0.39, 0.29) is 23.4 Å². The monoisotopic (exact) mass is 269 g/mol. The molecule has 6 heteroatoms. The SMILES string of the molecule is CCC(C)(CCO)NCc1cn(C)c(=O)n(C)c1=O. The average molecular weight is 269 g/mol. The van der Waals surface area contributed by atoms with Crippen molar-refractivity contribution in [3.05, 3.63) is 32.6 Å². The lowest BCUT2D eigenvalue weighted by Crippen LogP contribution is -2.45. The van der Waals surface area contributed by atoms with Crippen LogP contribution in [0.2, 0.25) is 0 Å². The van der Waals surface area contributed by atoms with Crippen LogP contribution in [0.25, 0.3) is 0 Å². The van der Waals surface area contributed by atoms with Gasteiger partial charge in [0.15, 0.2) is 0 Å². The van der Waals surface area contributed by atoms with E-state index in [9.17, 15) is 9.59 Å². The van der Waals surface area contributed by atoms with Crippen LogP contribution in [0.3, 0.4) is 0 Å². The van der Waals surface area contributed by atoms with E-state index in [1.165, 1.54) is 11.6 Å². The molecule has 0 fully saturated rings. The summed E-state index contributed by atoms with van der Waals surface area (Å²) in [4.78, 5) is 23.5. The van der Waals surface area contributed by atoms with Gasteiger partial charge in [-0.15, -0.1) is 0 Å². The largest absolute Gasteiger partial charge is 0.396 e. The van der Waals surface area contributed by atoms with Crippen LogP contribution in [0.1, 0.15) is 32.3 Å². The molecule has 0 aliphatic rings. The average Bonchev–Trinajstić information content (AvgIpc) is 2.39. The summed E-state index contributed by atoms with van der Waals surface area (Å²) in [6.07, 6.45) is 3.03. The summed E-state index contributed by atoms with van der Waals surface area (Å²) in [6.45, 7) is 4.52. The van der Waals surface area contributed by atoms with Crippen molar-refractivity contribution in [3.8, 4) is 0 Å². The summed E-state index contributed by atoms with van der Waals surface area (Å²) >= 11 is 0. The van der Waals surface area contributed by atoms with Crippen molar-refractivity contribution in [2.45, 2.75) is 38.8 Å². The highest BCUT2D eigenvalue weighted by Gasteiger charge is 2.21. The molecule has 0 spiro atoms. The van der Waals surface area contributed by atoms with Crippen molar-refractivity contribution >= 4 is 0 Å². The van der Waals surface area contributed by atoms with Gasteiger partial charge in [-0.3, -0.25) is 9.36 Å². The maximum atomic E-state index is 12.0. The van der Waals surface area contributed by atoms with E-state index in [0.29, 0.717) is 18.5 Å². The van der Waals surface area contributed by atoms with Crippen LogP contribution < -0.4 is 16.6 Å². The smallest absolute Gasteiger partial charge is 0.330 e. The summed E-state index contributed by atoms with van der Waals surface area (Å²) in [6, 6.07) is 0. The molecule has 108 valence electrons. The number of rotatable bonds is 6. The Bertz CT molecular complexity index is 547. The maximum Gasteiger partial charge on any atom is 0.330 e. The number of nitrogens with zero attached hydrogens (tertiary/aromatic N) is 2. The summed E-state index contributed by atoms with van der Waals surface area (Å²) in [5, 5.41) is 12.3. The fraction of sp³-hybridized carbons (Fsp3) is 0.692. The number of aromatic nitrogens is 2. The molecule has 19 heavy (non-hydrogen) atoms. The van der Waals surface area contributed by atoms with E-state index in [1.807, 2.05) is 13.8 Å². The summed E-state index contributed by atoms with van der Waals surface area (Å²) < 4.78 is 2.50. The minimum Gasteiger partial charge on any atom is -0.396 e. The highest BCUT2D eigenvalue weighted by molar-refractivity contribution is 5.06. The molecular formula is C13H23N3O3. The van der Waals surface area contributed by atoms with Crippen molar-refractivity contribution in [1.29, 1.82) is 0 Å². The fourth-order valence-electron chi connectivity index (χ4n) is 1.95. The first-order chi connectivity index (χ1) is 8.84. The normalized spacial score (nSPS) is 14.4. The molecule has 1 aromatic heterocycles. The summed E-state index contributed by atoms with van der Waals surface area (Å²) in [5.41, 5.74) is -0.281. The van der Waals surface area contributed by atoms with Crippen LogP contribution in [0.5, 0.6) is 0 Å². The van der Waals surface area contributed by atoms with Gasteiger partial charge in [-0.2, -0.15) is 0 Å². The summed E-state index contributed by atoms with van der Waals surface area (Å²) in [7, 11) is 3.10. The first kappa shape index (κ1) is 15.7. The van der Waals surface area contributed by atoms with Crippen molar-refractivity contribution in [2.24, 2.45) is 14.1 Å². The molecule has 0 aliphatic heterocycles. The third kappa shape index (κ3) is 3.54. The van der Waals surface area contributed by atoms with Gasteiger partial charge in [0.25, 0.3) is 5.56 Å². The Morgan fingerprint density at radius 1 is 1.37 bits per heavy atom. The second-order valence-electron chi connectivity index (χ2n) is 5.15. The Morgan fingerprint density at radius 2 is 2.00 bits per heavy atom. The zero-order chi connectivity index (χ0) is 14.6. The first-order valence-electron chi connectivity index (χ1n) is 6.46. The molecule has 1 atom stereocenters. The zero-order valence-electron chi connectivity index (χ0n) is 12.1. The van der Waals surface area contributed by atoms with Crippen LogP contribution in [-0.4, -0.2) is 26.4 Å². The third-order valence-electron chi connectivity index (χ3n) is 3.67. The van der Waals surface area contributed by atoms with Gasteiger partial charge < -0.3 is 15.0 Å². The lowest BCUT2D eigenvalue weighted by Gasteiger charge is -2.29. The molecule has 0 saturated carbocycles. The van der Waals surface area contributed by atoms with Gasteiger partial charge in [0.2, 0.25) is 0 Å². The predicted molar refractivity (Wildman–Crippen MR) is 74.2 cm³/mol. The summed E-state index contributed by atoms with van der Waals surface area (Å²) in [5.74, 6) is 0. The molecule has 0 radical (unpaired) electrons. The lowest BCUT2D eigenvalue weighted by atomic mass is 9.95. The zero-order valence-corrected chi connectivity index (χ0v) is 12.1. The van der Waals surface area contributed by atoms with Gasteiger partial charge in [-0.25, -0.2) is 4.79 Å². The molecule has 6 nitrogen and oxygen atoms in total. The molecule has 0 amide bonds. The van der Waals surface area contributed by atoms with Crippen LogP contribution in [0.15, 0.2) is 15.8 Å². The van der Waals surface area contributed by atoms with Crippen LogP contribution in [0, 0.1) is 0 Å². The topological polar surface area (TPSA) is 76.3 Å². The van der Waals surface area contributed by atoms with Gasteiger partial charge >= 0.3 is 5.69 Å². The van der Waals surface area contributed by atoms with E-state index >= 15 is 0 Å². The van der Waals surface area contributed by atoms with Gasteiger partial charge in [-0.05, 0) is 19.8 Å². The van der Waals surface area contributed by atoms with Crippen LogP contribution in [0.4, 0.5) is 0 Å². The molecule has 1 unspecified atom stereocenters. The number of hydrogen-bond acceptors (Lipinski definition) is 4. The number of aliphatic hydroxyl groups is 1. The fourth-order valence-corrected chi connectivity index (χ4v) is 1.95. The van der Waals surface area contributed by atoms with Crippen LogP contribution >= 0.6 is 0 Å². The van der Waals surface area contributed by atoms with Crippen LogP contribution in [-0.2, 0) is 20.6 Å². The van der Waals surface area contributed by atoms with Gasteiger partial charge in [0, 0.05) is 44.5 Å². The Hall–Kier alpha value is -1.40. The van der Waals surface area contributed by atoms with E-state index in [1.54, 1.807) is 13.2 Å². The maximum absolute atomic E-state index is 12.0. The van der Waals surface area contributed by atoms with E-state index in [2.05, 4.69) is 5.32 Å². The predicted octanol–water partition coefficient (Wildman–Crippen LogP) is -0.275. The molecule has 0 aromatic carbocycles. The van der Waals surface area contributed by atoms with E-state index in [4.69, 9.17) is 5.11 Å². The molecule has 2 N–H and O–H groups in total. The highest BCUT2D eigenvalue weighted by atomic mass is 16.3. The first-order valence-corrected chi connectivity index (χ1v) is 6.46. The molecule has 0 bridgehead atoms. The van der Waals surface area contributed by atoms with Gasteiger partial charge in [0.1, 0.15) is 0 Å². The molecule has 1 aromatic rings. The minimum atomic E-state index is -0.331. The van der Waals surface area contributed by atoms with E-state index in [0.717, 1.165) is 11.0 Å². The highest BCUT2D eigenvalue weighted by Crippen LogP contribution is 2.14. The van der Waals surface area contributed by atoms with Crippen molar-refractivity contribution in [1.82, 2.24) is 14.5 Å². The number of aryl methyl sites for hydroxylation is 1. The molecule has 0 saturated heterocycles. The molecule has 1 rings (SSSR count). The van der Waals surface area contributed by atoms with Gasteiger partial charge in [-0.1, -0.05) is 6.92 Å². The number of hydrogen-bond donors (Lipinski definition) is 2. The number of aliphatic hydroxyl groups excluding tert-OH is 1. The second kappa shape index (κ2) is 6.16. The Kier molecular flexibility index (Phi) is 5.08. The third-order valence-corrected chi connectivity index (χ3v) is 3.67. The Balaban J connectivity index is 2.96. The van der Waals surface area contributed by atoms with E-state index < -0.39 is 0 Å². The van der Waals surface area contributed by atoms with Crippen molar-refractivity contribution in [3.63, 3.8) is 0 Å². The Morgan fingerprint density at radius 3 is 2.53 bits per heavy atom.